The quantitative estimate of drug-likeness (QED) is 0.00681. The van der Waals surface area contributed by atoms with Crippen molar-refractivity contribution >= 4 is 68.9 Å². The van der Waals surface area contributed by atoms with E-state index in [1.807, 2.05) is 103 Å². The van der Waals surface area contributed by atoms with Gasteiger partial charge in [0.25, 0.3) is 11.8 Å². The highest BCUT2D eigenvalue weighted by Crippen LogP contribution is 2.42. The Hall–Kier alpha value is -8.45. The summed E-state index contributed by atoms with van der Waals surface area (Å²) < 4.78 is 39.6. The van der Waals surface area contributed by atoms with Crippen LogP contribution in [-0.2, 0) is 73.3 Å². The minimum absolute atomic E-state index is 0.00146. The second-order valence-electron chi connectivity index (χ2n) is 20.3. The maximum Gasteiger partial charge on any atom is 0.356 e. The molecule has 2 amide bonds. The van der Waals surface area contributed by atoms with Gasteiger partial charge in [0.2, 0.25) is 12.0 Å². The predicted octanol–water partition coefficient (Wildman–Crippen LogP) is 7.57. The number of fused-ring (bicyclic) bond motifs is 1. The number of oxime groups is 1. The lowest BCUT2D eigenvalue weighted by molar-refractivity contribution is -0.160. The van der Waals surface area contributed by atoms with Crippen LogP contribution in [-0.4, -0.2) is 107 Å². The summed E-state index contributed by atoms with van der Waals surface area (Å²) in [5, 5.41) is 17.1. The number of ether oxygens (including phenoxy) is 4. The van der Waals surface area contributed by atoms with E-state index in [1.54, 1.807) is 88.5 Å². The van der Waals surface area contributed by atoms with Crippen LogP contribution >= 0.6 is 23.1 Å². The summed E-state index contributed by atoms with van der Waals surface area (Å²) >= 11 is 0.0834. The Labute approximate surface area is 501 Å². The highest BCUT2D eigenvalue weighted by Gasteiger charge is 2.61. The molecule has 0 saturated carbocycles. The molecule has 2 aromatic heterocycles. The van der Waals surface area contributed by atoms with Crippen molar-refractivity contribution in [1.82, 2.24) is 29.5 Å². The molecule has 1 fully saturated rings. The SMILES string of the molecule is CCOC(Cn1nc(S/C=C/C2=C(C(=O)OC(c3ccccc3)c3ccccc3)N3C(=O)C(NC(=O)/C(=N\OCC(=O)OC(C)(C)C)c4csc(NC(c5ccccc5)(c5ccccc5)c5ccccc5)n4)C3[S+]([O-])C2)n(C)c(=O)c1=O)OCC. The predicted molar refractivity (Wildman–Crippen MR) is 322 cm³/mol. The number of anilines is 1. The maximum atomic E-state index is 15.0. The van der Waals surface area contributed by atoms with Crippen LogP contribution in [0.4, 0.5) is 5.13 Å². The molecule has 0 spiro atoms. The van der Waals surface area contributed by atoms with E-state index in [2.05, 4.69) is 20.9 Å². The zero-order valence-electron chi connectivity index (χ0n) is 47.3. The molecule has 23 heteroatoms. The fourth-order valence-corrected chi connectivity index (χ4v) is 12.7. The van der Waals surface area contributed by atoms with Crippen LogP contribution in [0.3, 0.4) is 0 Å². The molecule has 440 valence electrons. The van der Waals surface area contributed by atoms with E-state index in [0.717, 1.165) is 53.9 Å². The Balaban J connectivity index is 1.05. The van der Waals surface area contributed by atoms with Gasteiger partial charge in [-0.25, -0.2) is 19.3 Å². The van der Waals surface area contributed by atoms with E-state index in [1.165, 1.54) is 18.5 Å². The van der Waals surface area contributed by atoms with Crippen LogP contribution < -0.4 is 21.8 Å². The number of rotatable bonds is 24. The number of nitrogens with one attached hydrogen (secondary N) is 2. The number of carbonyl (C=O) groups is 4. The largest absolute Gasteiger partial charge is 0.614 e. The molecule has 2 aliphatic rings. The van der Waals surface area contributed by atoms with Gasteiger partial charge in [0.15, 0.2) is 34.4 Å². The topological polar surface area (TPSA) is 247 Å². The monoisotopic (exact) mass is 1210 g/mol. The number of thioether (sulfide) groups is 1. The highest BCUT2D eigenvalue weighted by atomic mass is 32.2. The van der Waals surface area contributed by atoms with Gasteiger partial charge in [-0.2, -0.15) is 0 Å². The van der Waals surface area contributed by atoms with Gasteiger partial charge in [0.1, 0.15) is 28.3 Å². The summed E-state index contributed by atoms with van der Waals surface area (Å²) in [5.41, 5.74) is -0.336. The first kappa shape index (κ1) is 61.1. The number of amides is 2. The van der Waals surface area contributed by atoms with Gasteiger partial charge in [0.05, 0.1) is 6.54 Å². The van der Waals surface area contributed by atoms with Crippen molar-refractivity contribution < 1.29 is 47.5 Å². The van der Waals surface area contributed by atoms with E-state index < -0.39 is 93.3 Å². The summed E-state index contributed by atoms with van der Waals surface area (Å²) in [4.78, 5) is 95.2. The Morgan fingerprint density at radius 1 is 0.812 bits per heavy atom. The van der Waals surface area contributed by atoms with E-state index >= 15 is 0 Å². The first-order valence-corrected chi connectivity index (χ1v) is 30.3. The first-order chi connectivity index (χ1) is 41.0. The van der Waals surface area contributed by atoms with Gasteiger partial charge in [-0.15, -0.1) is 16.4 Å². The Morgan fingerprint density at radius 2 is 1.35 bits per heavy atom. The fraction of sp³-hybridized carbons (Fsp3) is 0.274. The van der Waals surface area contributed by atoms with Crippen molar-refractivity contribution in [2.75, 3.05) is 30.9 Å². The first-order valence-electron chi connectivity index (χ1n) is 27.1. The van der Waals surface area contributed by atoms with Crippen molar-refractivity contribution in [1.29, 1.82) is 0 Å². The molecule has 0 radical (unpaired) electrons. The lowest BCUT2D eigenvalue weighted by Gasteiger charge is -2.49. The Bertz CT molecular complexity index is 3570. The van der Waals surface area contributed by atoms with Gasteiger partial charge >= 0.3 is 23.1 Å². The minimum Gasteiger partial charge on any atom is -0.614 e. The molecule has 5 aromatic carbocycles. The van der Waals surface area contributed by atoms with Crippen LogP contribution in [0, 0.1) is 0 Å². The molecule has 85 heavy (non-hydrogen) atoms. The van der Waals surface area contributed by atoms with E-state index in [0.29, 0.717) is 16.3 Å². The number of hydrogen-bond acceptors (Lipinski definition) is 18. The zero-order valence-corrected chi connectivity index (χ0v) is 49.8. The molecule has 7 aromatic rings. The van der Waals surface area contributed by atoms with Crippen LogP contribution in [0.5, 0.6) is 0 Å². The van der Waals surface area contributed by atoms with Crippen molar-refractivity contribution in [3.8, 4) is 0 Å². The third-order valence-corrected chi connectivity index (χ3v) is 16.6. The summed E-state index contributed by atoms with van der Waals surface area (Å²) in [5.74, 6) is -3.82. The van der Waals surface area contributed by atoms with Crippen molar-refractivity contribution in [3.05, 3.63) is 234 Å². The van der Waals surface area contributed by atoms with Crippen molar-refractivity contribution in [3.63, 3.8) is 0 Å². The molecule has 1 saturated heterocycles. The number of benzene rings is 5. The lowest BCUT2D eigenvalue weighted by Crippen LogP contribution is -2.75. The van der Waals surface area contributed by atoms with Crippen molar-refractivity contribution in [2.45, 2.75) is 81.3 Å². The maximum absolute atomic E-state index is 15.0. The highest BCUT2D eigenvalue weighted by molar-refractivity contribution is 8.02. The Morgan fingerprint density at radius 3 is 1.88 bits per heavy atom. The Kier molecular flexibility index (Phi) is 19.8. The van der Waals surface area contributed by atoms with Gasteiger partial charge in [-0.1, -0.05) is 169 Å². The van der Waals surface area contributed by atoms with E-state index in [-0.39, 0.29) is 47.6 Å². The summed E-state index contributed by atoms with van der Waals surface area (Å²) in [7, 11) is 1.38. The van der Waals surface area contributed by atoms with Crippen LogP contribution in [0.25, 0.3) is 0 Å². The second kappa shape index (κ2) is 27.5. The molecule has 0 aliphatic carbocycles. The number of nitrogens with zero attached hydrogens (tertiary/aromatic N) is 6. The third kappa shape index (κ3) is 14.1. The van der Waals surface area contributed by atoms with Crippen LogP contribution in [0.1, 0.15) is 74.2 Å². The summed E-state index contributed by atoms with van der Waals surface area (Å²) in [6, 6.07) is 45.9. The summed E-state index contributed by atoms with van der Waals surface area (Å²) in [6.45, 7) is 8.25. The number of esters is 2. The molecule has 20 nitrogen and oxygen atoms in total. The average molecular weight is 1210 g/mol. The molecule has 3 atom stereocenters. The van der Waals surface area contributed by atoms with E-state index in [4.69, 9.17) is 28.8 Å². The normalized spacial score (nSPS) is 16.3. The number of allylic oxidation sites excluding steroid dienone is 1. The van der Waals surface area contributed by atoms with Crippen molar-refractivity contribution in [2.24, 2.45) is 12.2 Å². The number of carbonyl (C=O) groups excluding carboxylic acids is 4. The molecular weight excluding hydrogens is 1140 g/mol. The average Bonchev–Trinajstić information content (AvgIpc) is 0.909. The van der Waals surface area contributed by atoms with Gasteiger partial charge in [-0.05, 0) is 85.1 Å². The number of hydrogen-bond donors (Lipinski definition) is 2. The van der Waals surface area contributed by atoms with Crippen LogP contribution in [0.15, 0.2) is 200 Å². The number of aromatic nitrogens is 4. The standard InChI is InChI=1S/C62H62N8O12S3/c1-7-78-48(79-8-2)36-69-56(75)55(74)68(6)60(66-69)83-35-34-42-39-85(77)57-50(54(73)70(57)51(42)58(76)81-52(40-24-14-9-15-25-40)41-26-16-10-17-27-41)64-53(72)49(67-80-37-47(71)82-61(3,4)5)46-38-84-59(63-46)65-62(43-28-18-11-19-29-43,44-30-20-12-21-31-44)45-32-22-13-23-33-45/h9-35,38,48,50,52,57H,7-8,36-37,39H2,1-6H3,(H,63,65)(H,64,72)/b35-34+,67-49-. The minimum atomic E-state index is -2.00. The molecule has 4 heterocycles. The van der Waals surface area contributed by atoms with Gasteiger partial charge in [-0.3, -0.25) is 28.6 Å². The lowest BCUT2D eigenvalue weighted by atomic mass is 9.77. The molecule has 3 unspecified atom stereocenters. The number of thiazole rings is 1. The molecule has 2 N–H and O–H groups in total. The smallest absolute Gasteiger partial charge is 0.356 e. The van der Waals surface area contributed by atoms with E-state index in [9.17, 15) is 33.3 Å². The molecule has 9 rings (SSSR count). The van der Waals surface area contributed by atoms with Gasteiger partial charge < -0.3 is 39.0 Å². The van der Waals surface area contributed by atoms with Gasteiger partial charge in [0, 0.05) is 31.2 Å². The summed E-state index contributed by atoms with van der Waals surface area (Å²) in [6.07, 6.45) is -0.373. The zero-order chi connectivity index (χ0) is 60.3. The molecule has 0 bridgehead atoms. The third-order valence-electron chi connectivity index (χ3n) is 13.4. The molecule has 2 aliphatic heterocycles. The second-order valence-corrected chi connectivity index (χ2v) is 23.5. The van der Waals surface area contributed by atoms with Crippen LogP contribution in [0.2, 0.25) is 0 Å². The fourth-order valence-electron chi connectivity index (χ4n) is 9.61. The molecular formula is C62H62N8O12S3. The number of β-lactam (4-membered cyclic amide) rings is 1.